The van der Waals surface area contributed by atoms with Crippen molar-refractivity contribution in [2.24, 2.45) is 5.92 Å². The molecule has 4 rings (SSSR count). The Balaban J connectivity index is 1.24. The molecule has 2 unspecified atom stereocenters. The number of nitrogens with zero attached hydrogens (tertiary/aromatic N) is 2. The van der Waals surface area contributed by atoms with Gasteiger partial charge in [0.1, 0.15) is 5.60 Å². The second-order valence-electron chi connectivity index (χ2n) is 10.5. The number of benzene rings is 2. The molecule has 2 heterocycles. The lowest BCUT2D eigenvalue weighted by molar-refractivity contribution is -0.122. The highest BCUT2D eigenvalue weighted by atomic mass is 16.6. The Bertz CT molecular complexity index is 979. The molecule has 6 nitrogen and oxygen atoms in total. The fourth-order valence-corrected chi connectivity index (χ4v) is 5.08. The Morgan fingerprint density at radius 2 is 1.82 bits per heavy atom. The maximum Gasteiger partial charge on any atom is 0.410 e. The molecule has 178 valence electrons. The van der Waals surface area contributed by atoms with Crippen molar-refractivity contribution in [2.75, 3.05) is 39.3 Å². The molecule has 2 aliphatic heterocycles. The highest BCUT2D eigenvalue weighted by molar-refractivity contribution is 5.86. The van der Waals surface area contributed by atoms with Crippen LogP contribution in [0.4, 0.5) is 4.79 Å². The van der Waals surface area contributed by atoms with Crippen molar-refractivity contribution in [1.82, 2.24) is 15.1 Å². The number of hydrogen-bond acceptors (Lipinski definition) is 4. The zero-order valence-corrected chi connectivity index (χ0v) is 20.2. The Labute approximate surface area is 197 Å². The van der Waals surface area contributed by atoms with Gasteiger partial charge in [-0.25, -0.2) is 4.79 Å². The van der Waals surface area contributed by atoms with Crippen LogP contribution < -0.4 is 5.32 Å². The van der Waals surface area contributed by atoms with Crippen LogP contribution in [0.1, 0.15) is 51.5 Å². The van der Waals surface area contributed by atoms with E-state index in [1.807, 2.05) is 20.8 Å². The molecule has 2 aliphatic rings. The van der Waals surface area contributed by atoms with Crippen molar-refractivity contribution in [3.8, 4) is 0 Å². The molecule has 2 atom stereocenters. The summed E-state index contributed by atoms with van der Waals surface area (Å²) in [7, 11) is 0. The minimum atomic E-state index is -0.488. The van der Waals surface area contributed by atoms with Crippen LogP contribution >= 0.6 is 0 Å². The van der Waals surface area contributed by atoms with Gasteiger partial charge in [-0.15, -0.1) is 0 Å². The summed E-state index contributed by atoms with van der Waals surface area (Å²) >= 11 is 0. The number of carbonyl (C=O) groups excluding carboxylic acids is 2. The minimum absolute atomic E-state index is 0.0722. The molecular formula is C27H37N3O3. The number of likely N-dealkylation sites (tertiary alicyclic amines) is 2. The molecule has 0 bridgehead atoms. The van der Waals surface area contributed by atoms with Crippen LogP contribution in [-0.4, -0.2) is 66.7 Å². The Morgan fingerprint density at radius 3 is 2.64 bits per heavy atom. The van der Waals surface area contributed by atoms with Gasteiger partial charge in [-0.3, -0.25) is 9.69 Å². The molecule has 1 N–H and O–H groups in total. The molecule has 0 aliphatic carbocycles. The summed E-state index contributed by atoms with van der Waals surface area (Å²) in [6.07, 6.45) is 2.79. The maximum atomic E-state index is 12.6. The zero-order chi connectivity index (χ0) is 23.4. The van der Waals surface area contributed by atoms with Crippen LogP contribution in [0.2, 0.25) is 0 Å². The molecule has 2 aromatic carbocycles. The average molecular weight is 452 g/mol. The highest BCUT2D eigenvalue weighted by Gasteiger charge is 2.29. The van der Waals surface area contributed by atoms with E-state index in [2.05, 4.69) is 52.7 Å². The van der Waals surface area contributed by atoms with Gasteiger partial charge in [-0.1, -0.05) is 42.5 Å². The first kappa shape index (κ1) is 23.6. The summed E-state index contributed by atoms with van der Waals surface area (Å²) in [5, 5.41) is 5.71. The summed E-state index contributed by atoms with van der Waals surface area (Å²) in [5.74, 6) is 0.810. The molecule has 6 heteroatoms. The molecular weight excluding hydrogens is 414 g/mol. The number of fused-ring (bicyclic) bond motifs is 1. The predicted octanol–water partition coefficient (Wildman–Crippen LogP) is 4.39. The number of nitrogens with one attached hydrogen (secondary N) is 1. The van der Waals surface area contributed by atoms with E-state index in [4.69, 9.17) is 4.74 Å². The zero-order valence-electron chi connectivity index (χ0n) is 20.2. The number of rotatable bonds is 5. The van der Waals surface area contributed by atoms with E-state index in [1.54, 1.807) is 4.90 Å². The van der Waals surface area contributed by atoms with Crippen molar-refractivity contribution in [2.45, 2.75) is 51.6 Å². The van der Waals surface area contributed by atoms with Crippen molar-refractivity contribution < 1.29 is 14.3 Å². The largest absolute Gasteiger partial charge is 0.444 e. The highest BCUT2D eigenvalue weighted by Crippen LogP contribution is 2.32. The van der Waals surface area contributed by atoms with Crippen LogP contribution in [0.5, 0.6) is 0 Å². The summed E-state index contributed by atoms with van der Waals surface area (Å²) in [6.45, 7) is 9.92. The monoisotopic (exact) mass is 451 g/mol. The van der Waals surface area contributed by atoms with E-state index in [9.17, 15) is 9.59 Å². The smallest absolute Gasteiger partial charge is 0.410 e. The summed E-state index contributed by atoms with van der Waals surface area (Å²) in [6, 6.07) is 15.1. The fraction of sp³-hybridized carbons (Fsp3) is 0.556. The van der Waals surface area contributed by atoms with Crippen molar-refractivity contribution in [1.29, 1.82) is 0 Å². The van der Waals surface area contributed by atoms with Gasteiger partial charge in [0.15, 0.2) is 0 Å². The van der Waals surface area contributed by atoms with E-state index >= 15 is 0 Å². The van der Waals surface area contributed by atoms with Gasteiger partial charge >= 0.3 is 6.09 Å². The summed E-state index contributed by atoms with van der Waals surface area (Å²) < 4.78 is 5.51. The van der Waals surface area contributed by atoms with Gasteiger partial charge in [0.2, 0.25) is 5.91 Å². The van der Waals surface area contributed by atoms with Gasteiger partial charge in [0, 0.05) is 26.2 Å². The molecule has 0 spiro atoms. The number of amides is 2. The van der Waals surface area contributed by atoms with E-state index in [1.165, 1.54) is 16.3 Å². The summed E-state index contributed by atoms with van der Waals surface area (Å²) in [4.78, 5) is 29.0. The van der Waals surface area contributed by atoms with Gasteiger partial charge in [0.05, 0.1) is 6.54 Å². The van der Waals surface area contributed by atoms with E-state index in [0.29, 0.717) is 25.6 Å². The van der Waals surface area contributed by atoms with E-state index in [0.717, 1.165) is 38.9 Å². The standard InChI is InChI=1S/C27H37N3O3/c1-27(2,3)33-26(32)30-14-7-8-20(17-30)16-28-25(31)19-29-15-13-22(18-29)24-12-6-10-21-9-4-5-11-23(21)24/h4-6,9-12,20,22H,7-8,13-19H2,1-3H3,(H,28,31). The topological polar surface area (TPSA) is 61.9 Å². The number of ether oxygens (including phenoxy) is 1. The SMILES string of the molecule is CC(C)(C)OC(=O)N1CCCC(CNC(=O)CN2CCC(c3cccc4ccccc34)C2)C1. The van der Waals surface area contributed by atoms with E-state index in [-0.39, 0.29) is 17.9 Å². The third kappa shape index (κ3) is 6.26. The van der Waals surface area contributed by atoms with Crippen molar-refractivity contribution in [3.05, 3.63) is 48.0 Å². The second kappa shape index (κ2) is 10.1. The Morgan fingerprint density at radius 1 is 1.03 bits per heavy atom. The number of piperidine rings is 1. The van der Waals surface area contributed by atoms with Crippen LogP contribution in [0.25, 0.3) is 10.8 Å². The third-order valence-corrected chi connectivity index (χ3v) is 6.66. The van der Waals surface area contributed by atoms with Gasteiger partial charge in [-0.05, 0) is 74.8 Å². The fourth-order valence-electron chi connectivity index (χ4n) is 5.08. The first-order chi connectivity index (χ1) is 15.8. The lowest BCUT2D eigenvalue weighted by atomic mass is 9.93. The molecule has 2 saturated heterocycles. The summed E-state index contributed by atoms with van der Waals surface area (Å²) in [5.41, 5.74) is 0.901. The molecule has 0 radical (unpaired) electrons. The van der Waals surface area contributed by atoms with Crippen LogP contribution in [0.3, 0.4) is 0 Å². The van der Waals surface area contributed by atoms with Crippen molar-refractivity contribution >= 4 is 22.8 Å². The minimum Gasteiger partial charge on any atom is -0.444 e. The quantitative estimate of drug-likeness (QED) is 0.732. The lowest BCUT2D eigenvalue weighted by Crippen LogP contribution is -2.46. The van der Waals surface area contributed by atoms with Gasteiger partial charge in [-0.2, -0.15) is 0 Å². The van der Waals surface area contributed by atoms with Crippen LogP contribution in [-0.2, 0) is 9.53 Å². The van der Waals surface area contributed by atoms with Gasteiger partial charge in [0.25, 0.3) is 0 Å². The van der Waals surface area contributed by atoms with Crippen molar-refractivity contribution in [3.63, 3.8) is 0 Å². The molecule has 33 heavy (non-hydrogen) atoms. The maximum absolute atomic E-state index is 12.6. The molecule has 2 amide bonds. The molecule has 0 aromatic heterocycles. The first-order valence-electron chi connectivity index (χ1n) is 12.2. The van der Waals surface area contributed by atoms with Crippen LogP contribution in [0, 0.1) is 5.92 Å². The normalized spacial score (nSPS) is 21.8. The van der Waals surface area contributed by atoms with Gasteiger partial charge < -0.3 is 15.0 Å². The lowest BCUT2D eigenvalue weighted by Gasteiger charge is -2.34. The Kier molecular flexibility index (Phi) is 7.23. The molecule has 2 fully saturated rings. The third-order valence-electron chi connectivity index (χ3n) is 6.66. The molecule has 2 aromatic rings. The van der Waals surface area contributed by atoms with E-state index < -0.39 is 5.60 Å². The average Bonchev–Trinajstić information content (AvgIpc) is 3.24. The second-order valence-corrected chi connectivity index (χ2v) is 10.5. The first-order valence-corrected chi connectivity index (χ1v) is 12.2. The molecule has 0 saturated carbocycles. The predicted molar refractivity (Wildman–Crippen MR) is 131 cm³/mol. The number of hydrogen-bond donors (Lipinski definition) is 1. The van der Waals surface area contributed by atoms with Crippen LogP contribution in [0.15, 0.2) is 42.5 Å². The number of carbonyl (C=O) groups is 2. The Hall–Kier alpha value is -2.60.